The van der Waals surface area contributed by atoms with Crippen molar-refractivity contribution in [1.29, 1.82) is 0 Å². The van der Waals surface area contributed by atoms with Gasteiger partial charge in [0.25, 0.3) is 5.91 Å². The lowest BCUT2D eigenvalue weighted by molar-refractivity contribution is -0.139. The molecule has 5 nitrogen and oxygen atoms in total. The Labute approximate surface area is 168 Å². The van der Waals surface area contributed by atoms with Crippen LogP contribution in [0.3, 0.4) is 0 Å². The standard InChI is InChI=1S/C20H15ClF3NO4/c1-10-13(8-18(26)27)14-7-17(29-2)15(20(22,23)24)9-16(14)25(10)19(28)11-3-5-12(21)6-4-11/h3-7,9H,8H2,1-2H3,(H,26,27). The normalized spacial score (nSPS) is 11.7. The van der Waals surface area contributed by atoms with Crippen LogP contribution >= 0.6 is 11.6 Å². The number of carboxylic acids is 1. The fraction of sp³-hybridized carbons (Fsp3) is 0.200. The molecule has 1 aromatic heterocycles. The Kier molecular flexibility index (Phi) is 5.32. The molecule has 152 valence electrons. The van der Waals surface area contributed by atoms with Crippen LogP contribution in [0.4, 0.5) is 13.2 Å². The van der Waals surface area contributed by atoms with Crippen LogP contribution < -0.4 is 4.74 Å². The molecule has 0 bridgehead atoms. The second kappa shape index (κ2) is 7.44. The Hall–Kier alpha value is -3.00. The molecule has 0 aliphatic rings. The van der Waals surface area contributed by atoms with Crippen molar-refractivity contribution in [3.05, 3.63) is 63.8 Å². The quantitative estimate of drug-likeness (QED) is 0.642. The molecule has 0 aliphatic heterocycles. The van der Waals surface area contributed by atoms with Crippen molar-refractivity contribution in [3.63, 3.8) is 0 Å². The van der Waals surface area contributed by atoms with Gasteiger partial charge in [0.05, 0.1) is 24.6 Å². The third-order valence-electron chi connectivity index (χ3n) is 4.58. The summed E-state index contributed by atoms with van der Waals surface area (Å²) in [7, 11) is 1.09. The molecule has 29 heavy (non-hydrogen) atoms. The molecule has 0 saturated carbocycles. The van der Waals surface area contributed by atoms with E-state index in [1.165, 1.54) is 31.2 Å². The number of aliphatic carboxylic acids is 1. The van der Waals surface area contributed by atoms with Gasteiger partial charge in [0, 0.05) is 21.7 Å². The monoisotopic (exact) mass is 425 g/mol. The van der Waals surface area contributed by atoms with Gasteiger partial charge in [0.2, 0.25) is 0 Å². The average molecular weight is 426 g/mol. The Morgan fingerprint density at radius 1 is 1.17 bits per heavy atom. The fourth-order valence-corrected chi connectivity index (χ4v) is 3.38. The highest BCUT2D eigenvalue weighted by molar-refractivity contribution is 6.30. The van der Waals surface area contributed by atoms with Gasteiger partial charge in [-0.05, 0) is 48.9 Å². The number of alkyl halides is 3. The van der Waals surface area contributed by atoms with E-state index in [1.54, 1.807) is 0 Å². The molecule has 2 aromatic carbocycles. The molecule has 1 N–H and O–H groups in total. The van der Waals surface area contributed by atoms with Crippen molar-refractivity contribution in [2.75, 3.05) is 7.11 Å². The van der Waals surface area contributed by atoms with E-state index in [-0.39, 0.29) is 27.7 Å². The van der Waals surface area contributed by atoms with Crippen molar-refractivity contribution in [2.24, 2.45) is 0 Å². The van der Waals surface area contributed by atoms with E-state index in [0.29, 0.717) is 5.02 Å². The molecule has 0 radical (unpaired) electrons. The number of hydrogen-bond acceptors (Lipinski definition) is 3. The number of nitrogens with zero attached hydrogens (tertiary/aromatic N) is 1. The first-order valence-electron chi connectivity index (χ1n) is 8.35. The highest BCUT2D eigenvalue weighted by atomic mass is 35.5. The number of rotatable bonds is 4. The summed E-state index contributed by atoms with van der Waals surface area (Å²) in [6.07, 6.45) is -5.18. The van der Waals surface area contributed by atoms with Crippen LogP contribution in [0, 0.1) is 6.92 Å². The first-order chi connectivity index (χ1) is 13.5. The van der Waals surface area contributed by atoms with Gasteiger partial charge in [-0.2, -0.15) is 13.2 Å². The Balaban J connectivity index is 2.35. The Bertz CT molecular complexity index is 1120. The number of benzene rings is 2. The maximum Gasteiger partial charge on any atom is 0.420 e. The largest absolute Gasteiger partial charge is 0.496 e. The summed E-state index contributed by atoms with van der Waals surface area (Å²) in [5.41, 5.74) is -0.435. The minimum absolute atomic E-state index is 0.0492. The van der Waals surface area contributed by atoms with E-state index in [2.05, 4.69) is 0 Å². The molecule has 0 atom stereocenters. The van der Waals surface area contributed by atoms with Gasteiger partial charge in [-0.3, -0.25) is 14.2 Å². The number of aromatic nitrogens is 1. The maximum absolute atomic E-state index is 13.5. The van der Waals surface area contributed by atoms with Gasteiger partial charge in [0.15, 0.2) is 0 Å². The molecule has 0 saturated heterocycles. The van der Waals surface area contributed by atoms with Gasteiger partial charge >= 0.3 is 12.1 Å². The van der Waals surface area contributed by atoms with E-state index < -0.39 is 35.8 Å². The highest BCUT2D eigenvalue weighted by Gasteiger charge is 2.36. The summed E-state index contributed by atoms with van der Waals surface area (Å²) in [5, 5.41) is 9.84. The van der Waals surface area contributed by atoms with E-state index in [0.717, 1.165) is 23.8 Å². The van der Waals surface area contributed by atoms with Crippen LogP contribution in [0.5, 0.6) is 5.75 Å². The number of carbonyl (C=O) groups excluding carboxylic acids is 1. The van der Waals surface area contributed by atoms with Gasteiger partial charge in [0.1, 0.15) is 5.75 Å². The maximum atomic E-state index is 13.5. The van der Waals surface area contributed by atoms with Gasteiger partial charge < -0.3 is 9.84 Å². The van der Waals surface area contributed by atoms with Gasteiger partial charge in [-0.15, -0.1) is 0 Å². The number of ether oxygens (including phenoxy) is 1. The average Bonchev–Trinajstić information content (AvgIpc) is 2.90. The third kappa shape index (κ3) is 3.80. The Morgan fingerprint density at radius 3 is 2.31 bits per heavy atom. The van der Waals surface area contributed by atoms with Crippen molar-refractivity contribution in [1.82, 2.24) is 4.57 Å². The van der Waals surface area contributed by atoms with Gasteiger partial charge in [-0.25, -0.2) is 0 Å². The fourth-order valence-electron chi connectivity index (χ4n) is 3.25. The first kappa shape index (κ1) is 20.7. The number of methoxy groups -OCH3 is 1. The molecule has 9 heteroatoms. The molecule has 1 heterocycles. The molecule has 3 rings (SSSR count). The number of hydrogen-bond donors (Lipinski definition) is 1. The molecular weight excluding hydrogens is 411 g/mol. The van der Waals surface area contributed by atoms with Crippen LogP contribution in [-0.2, 0) is 17.4 Å². The Morgan fingerprint density at radius 2 is 1.79 bits per heavy atom. The van der Waals surface area contributed by atoms with E-state index in [1.807, 2.05) is 0 Å². The molecule has 0 fully saturated rings. The summed E-state index contributed by atoms with van der Waals surface area (Å²) < 4.78 is 46.5. The summed E-state index contributed by atoms with van der Waals surface area (Å²) in [4.78, 5) is 24.4. The zero-order valence-corrected chi connectivity index (χ0v) is 16.1. The topological polar surface area (TPSA) is 68.5 Å². The molecular formula is C20H15ClF3NO4. The van der Waals surface area contributed by atoms with Crippen molar-refractivity contribution >= 4 is 34.4 Å². The first-order valence-corrected chi connectivity index (χ1v) is 8.73. The lowest BCUT2D eigenvalue weighted by Gasteiger charge is -2.13. The zero-order valence-electron chi connectivity index (χ0n) is 15.3. The highest BCUT2D eigenvalue weighted by Crippen LogP contribution is 2.41. The van der Waals surface area contributed by atoms with Crippen molar-refractivity contribution < 1.29 is 32.6 Å². The van der Waals surface area contributed by atoms with Crippen LogP contribution in [0.2, 0.25) is 5.02 Å². The van der Waals surface area contributed by atoms with Crippen molar-refractivity contribution in [2.45, 2.75) is 19.5 Å². The van der Waals surface area contributed by atoms with E-state index in [4.69, 9.17) is 16.3 Å². The summed E-state index contributed by atoms with van der Waals surface area (Å²) >= 11 is 5.83. The zero-order chi connectivity index (χ0) is 21.5. The number of fused-ring (bicyclic) bond motifs is 1. The van der Waals surface area contributed by atoms with E-state index >= 15 is 0 Å². The van der Waals surface area contributed by atoms with Crippen LogP contribution in [0.25, 0.3) is 10.9 Å². The third-order valence-corrected chi connectivity index (χ3v) is 4.84. The second-order valence-electron chi connectivity index (χ2n) is 6.35. The van der Waals surface area contributed by atoms with Gasteiger partial charge in [-0.1, -0.05) is 11.6 Å². The lowest BCUT2D eigenvalue weighted by Crippen LogP contribution is -2.15. The minimum Gasteiger partial charge on any atom is -0.496 e. The second-order valence-corrected chi connectivity index (χ2v) is 6.79. The van der Waals surface area contributed by atoms with Crippen LogP contribution in [-0.4, -0.2) is 28.7 Å². The van der Waals surface area contributed by atoms with E-state index in [9.17, 15) is 27.9 Å². The molecule has 0 aliphatic carbocycles. The number of carboxylic acid groups (broad SMARTS) is 1. The SMILES string of the molecule is COc1cc2c(CC(=O)O)c(C)n(C(=O)c3ccc(Cl)cc3)c2cc1C(F)(F)F. The van der Waals surface area contributed by atoms with Crippen LogP contribution in [0.1, 0.15) is 27.2 Å². The molecule has 3 aromatic rings. The summed E-state index contributed by atoms with van der Waals surface area (Å²) in [6, 6.07) is 7.79. The molecule has 0 amide bonds. The van der Waals surface area contributed by atoms with Crippen LogP contribution in [0.15, 0.2) is 36.4 Å². The predicted octanol–water partition coefficient (Wildman–Crippen LogP) is 4.95. The lowest BCUT2D eigenvalue weighted by atomic mass is 10.0. The minimum atomic E-state index is -4.72. The van der Waals surface area contributed by atoms with Crippen molar-refractivity contribution in [3.8, 4) is 5.75 Å². The number of halogens is 4. The number of carbonyl (C=O) groups is 2. The summed E-state index contributed by atoms with van der Waals surface area (Å²) in [6.45, 7) is 1.49. The summed E-state index contributed by atoms with van der Waals surface area (Å²) in [5.74, 6) is -2.23. The predicted molar refractivity (Wildman–Crippen MR) is 101 cm³/mol. The smallest absolute Gasteiger partial charge is 0.420 e. The molecule has 0 unspecified atom stereocenters. The molecule has 0 spiro atoms.